The van der Waals surface area contributed by atoms with Crippen molar-refractivity contribution in [1.82, 2.24) is 25.2 Å². The number of anilines is 1. The zero-order valence-electron chi connectivity index (χ0n) is 14.8. The van der Waals surface area contributed by atoms with Crippen LogP contribution in [0.2, 0.25) is 0 Å². The molecule has 0 aliphatic carbocycles. The Labute approximate surface area is 160 Å². The first-order chi connectivity index (χ1) is 13.2. The first kappa shape index (κ1) is 18.6. The number of rotatable bonds is 8. The number of amides is 1. The molecule has 1 aromatic carbocycles. The molecule has 0 atom stereocenters. The van der Waals surface area contributed by atoms with Gasteiger partial charge in [0, 0.05) is 24.6 Å². The number of pyridine rings is 1. The van der Waals surface area contributed by atoms with E-state index in [0.717, 1.165) is 5.69 Å². The molecule has 0 bridgehead atoms. The van der Waals surface area contributed by atoms with Crippen LogP contribution < -0.4 is 14.8 Å². The monoisotopic (exact) mass is 386 g/mol. The SMILES string of the molecule is COc1cnc(CSc2nnnn2C)cc1OCC(=O)Nc1ccccc1. The molecule has 0 fully saturated rings. The highest BCUT2D eigenvalue weighted by Crippen LogP contribution is 2.28. The van der Waals surface area contributed by atoms with Crippen LogP contribution in [0.5, 0.6) is 11.5 Å². The van der Waals surface area contributed by atoms with Gasteiger partial charge in [-0.3, -0.25) is 9.78 Å². The highest BCUT2D eigenvalue weighted by Gasteiger charge is 2.11. The van der Waals surface area contributed by atoms with E-state index in [2.05, 4.69) is 25.8 Å². The molecule has 9 nitrogen and oxygen atoms in total. The number of ether oxygens (including phenoxy) is 2. The third-order valence-corrected chi connectivity index (χ3v) is 4.50. The van der Waals surface area contributed by atoms with E-state index in [-0.39, 0.29) is 12.5 Å². The third-order valence-electron chi connectivity index (χ3n) is 3.45. The molecule has 27 heavy (non-hydrogen) atoms. The zero-order valence-corrected chi connectivity index (χ0v) is 15.6. The predicted molar refractivity (Wildman–Crippen MR) is 99.7 cm³/mol. The Balaban J connectivity index is 1.61. The number of nitrogens with zero attached hydrogens (tertiary/aromatic N) is 5. The van der Waals surface area contributed by atoms with Gasteiger partial charge in [0.05, 0.1) is 19.0 Å². The van der Waals surface area contributed by atoms with Gasteiger partial charge in [-0.15, -0.1) is 5.10 Å². The summed E-state index contributed by atoms with van der Waals surface area (Å²) >= 11 is 1.44. The lowest BCUT2D eigenvalue weighted by atomic mass is 10.3. The largest absolute Gasteiger partial charge is 0.491 e. The fraction of sp³-hybridized carbons (Fsp3) is 0.235. The fourth-order valence-corrected chi connectivity index (χ4v) is 2.91. The molecule has 1 N–H and O–H groups in total. The second-order valence-corrected chi connectivity index (χ2v) is 6.35. The minimum Gasteiger partial charge on any atom is -0.491 e. The summed E-state index contributed by atoms with van der Waals surface area (Å²) in [6.45, 7) is -0.144. The highest BCUT2D eigenvalue weighted by molar-refractivity contribution is 7.98. The van der Waals surface area contributed by atoms with Gasteiger partial charge in [-0.1, -0.05) is 30.0 Å². The molecule has 0 saturated carbocycles. The molecule has 2 heterocycles. The van der Waals surface area contributed by atoms with Gasteiger partial charge in [-0.2, -0.15) is 0 Å². The maximum atomic E-state index is 12.1. The van der Waals surface area contributed by atoms with Crippen molar-refractivity contribution in [2.24, 2.45) is 7.05 Å². The average molecular weight is 386 g/mol. The second-order valence-electron chi connectivity index (χ2n) is 5.40. The van der Waals surface area contributed by atoms with E-state index in [1.165, 1.54) is 18.9 Å². The number of hydrogen-bond donors (Lipinski definition) is 1. The molecule has 0 spiro atoms. The third kappa shape index (κ3) is 5.17. The van der Waals surface area contributed by atoms with E-state index in [0.29, 0.717) is 28.1 Å². The molecule has 3 aromatic rings. The standard InChI is InChI=1S/C17H18N6O3S/c1-23-17(20-21-22-23)27-11-13-8-14(15(25-2)9-18-13)26-10-16(24)19-12-6-4-3-5-7-12/h3-9H,10-11H2,1-2H3,(H,19,24). The van der Waals surface area contributed by atoms with E-state index in [1.807, 2.05) is 30.3 Å². The van der Waals surface area contributed by atoms with E-state index in [1.54, 1.807) is 24.0 Å². The number of hydrogen-bond acceptors (Lipinski definition) is 8. The molecular weight excluding hydrogens is 368 g/mol. The van der Waals surface area contributed by atoms with Crippen LogP contribution in [0.4, 0.5) is 5.69 Å². The lowest BCUT2D eigenvalue weighted by Crippen LogP contribution is -2.20. The molecule has 140 valence electrons. The van der Waals surface area contributed by atoms with Crippen LogP contribution in [0.1, 0.15) is 5.69 Å². The number of tetrazole rings is 1. The first-order valence-corrected chi connectivity index (χ1v) is 9.00. The molecule has 0 saturated heterocycles. The van der Waals surface area contributed by atoms with Gasteiger partial charge in [0.15, 0.2) is 18.1 Å². The van der Waals surface area contributed by atoms with Crippen LogP contribution in [0, 0.1) is 0 Å². The summed E-state index contributed by atoms with van der Waals surface area (Å²) in [6.07, 6.45) is 1.56. The molecule has 0 aliphatic heterocycles. The summed E-state index contributed by atoms with van der Waals surface area (Å²) in [6, 6.07) is 10.9. The van der Waals surface area contributed by atoms with Gasteiger partial charge in [0.2, 0.25) is 5.16 Å². The lowest BCUT2D eigenvalue weighted by molar-refractivity contribution is -0.118. The quantitative estimate of drug-likeness (QED) is 0.586. The molecule has 0 unspecified atom stereocenters. The van der Waals surface area contributed by atoms with Gasteiger partial charge in [0.1, 0.15) is 0 Å². The lowest BCUT2D eigenvalue weighted by Gasteiger charge is -2.12. The number of nitrogens with one attached hydrogen (secondary N) is 1. The van der Waals surface area contributed by atoms with Crippen LogP contribution >= 0.6 is 11.8 Å². The highest BCUT2D eigenvalue weighted by atomic mass is 32.2. The van der Waals surface area contributed by atoms with Crippen LogP contribution in [0.3, 0.4) is 0 Å². The number of benzene rings is 1. The molecule has 3 rings (SSSR count). The zero-order chi connectivity index (χ0) is 19.1. The van der Waals surface area contributed by atoms with Crippen molar-refractivity contribution < 1.29 is 14.3 Å². The minimum atomic E-state index is -0.263. The number of methoxy groups -OCH3 is 1. The summed E-state index contributed by atoms with van der Waals surface area (Å²) in [5, 5.41) is 14.7. The predicted octanol–water partition coefficient (Wildman–Crippen LogP) is 1.92. The number of aromatic nitrogens is 5. The van der Waals surface area contributed by atoms with Gasteiger partial charge < -0.3 is 14.8 Å². The smallest absolute Gasteiger partial charge is 0.262 e. The van der Waals surface area contributed by atoms with Crippen molar-refractivity contribution in [2.45, 2.75) is 10.9 Å². The van der Waals surface area contributed by atoms with Crippen molar-refractivity contribution in [2.75, 3.05) is 19.0 Å². The van der Waals surface area contributed by atoms with Gasteiger partial charge in [-0.05, 0) is 22.6 Å². The minimum absolute atomic E-state index is 0.144. The summed E-state index contributed by atoms with van der Waals surface area (Å²) in [5.74, 6) is 1.19. The van der Waals surface area contributed by atoms with Crippen molar-refractivity contribution in [1.29, 1.82) is 0 Å². The molecule has 2 aromatic heterocycles. The molecule has 10 heteroatoms. The van der Waals surface area contributed by atoms with Crippen molar-refractivity contribution in [3.05, 3.63) is 48.3 Å². The van der Waals surface area contributed by atoms with Crippen LogP contribution in [0.25, 0.3) is 0 Å². The molecule has 0 aliphatic rings. The normalized spacial score (nSPS) is 10.4. The topological polar surface area (TPSA) is 104 Å². The maximum Gasteiger partial charge on any atom is 0.262 e. The van der Waals surface area contributed by atoms with E-state index in [4.69, 9.17) is 9.47 Å². The van der Waals surface area contributed by atoms with E-state index < -0.39 is 0 Å². The van der Waals surface area contributed by atoms with Crippen LogP contribution in [0.15, 0.2) is 47.8 Å². The van der Waals surface area contributed by atoms with E-state index in [9.17, 15) is 4.79 Å². The molecule has 0 radical (unpaired) electrons. The van der Waals surface area contributed by atoms with Crippen molar-refractivity contribution >= 4 is 23.4 Å². The van der Waals surface area contributed by atoms with Gasteiger partial charge in [0.25, 0.3) is 5.91 Å². The Bertz CT molecular complexity index is 903. The summed E-state index contributed by atoms with van der Waals surface area (Å²) in [5.41, 5.74) is 1.46. The number of carbonyl (C=O) groups is 1. The van der Waals surface area contributed by atoms with Gasteiger partial charge >= 0.3 is 0 Å². The molecule has 1 amide bonds. The summed E-state index contributed by atoms with van der Waals surface area (Å²) < 4.78 is 12.5. The van der Waals surface area contributed by atoms with Gasteiger partial charge in [-0.25, -0.2) is 4.68 Å². The maximum absolute atomic E-state index is 12.1. The van der Waals surface area contributed by atoms with E-state index >= 15 is 0 Å². The van der Waals surface area contributed by atoms with Crippen molar-refractivity contribution in [3.63, 3.8) is 0 Å². The number of para-hydroxylation sites is 1. The number of thioether (sulfide) groups is 1. The van der Waals surface area contributed by atoms with Crippen molar-refractivity contribution in [3.8, 4) is 11.5 Å². The fourth-order valence-electron chi connectivity index (χ4n) is 2.15. The Morgan fingerprint density at radius 2 is 2.07 bits per heavy atom. The summed E-state index contributed by atoms with van der Waals surface area (Å²) in [4.78, 5) is 16.4. The number of carbonyl (C=O) groups excluding carboxylic acids is 1. The number of aryl methyl sites for hydroxylation is 1. The molecular formula is C17H18N6O3S. The Hall–Kier alpha value is -3.14. The summed E-state index contributed by atoms with van der Waals surface area (Å²) in [7, 11) is 3.29. The van der Waals surface area contributed by atoms with Crippen LogP contribution in [-0.4, -0.2) is 44.8 Å². The Morgan fingerprint density at radius 3 is 2.78 bits per heavy atom. The average Bonchev–Trinajstić information content (AvgIpc) is 3.10. The first-order valence-electron chi connectivity index (χ1n) is 8.01. The Kier molecular flexibility index (Phi) is 6.21. The Morgan fingerprint density at radius 1 is 1.26 bits per heavy atom. The second kappa shape index (κ2) is 8.99. The van der Waals surface area contributed by atoms with Crippen LogP contribution in [-0.2, 0) is 17.6 Å².